The van der Waals surface area contributed by atoms with E-state index in [1.165, 1.54) is 52.3 Å². The first-order valence-corrected chi connectivity index (χ1v) is 14.1. The Balaban J connectivity index is 1.59. The Bertz CT molecular complexity index is 1600. The summed E-state index contributed by atoms with van der Waals surface area (Å²) >= 11 is 13.7. The summed E-state index contributed by atoms with van der Waals surface area (Å²) < 4.78 is 21.9. The predicted octanol–water partition coefficient (Wildman–Crippen LogP) is 6.15. The van der Waals surface area contributed by atoms with E-state index in [9.17, 15) is 14.0 Å². The molecule has 2 aromatic heterocycles. The molecule has 10 nitrogen and oxygen atoms in total. The van der Waals surface area contributed by atoms with Crippen molar-refractivity contribution in [2.75, 3.05) is 16.4 Å². The van der Waals surface area contributed by atoms with E-state index in [-0.39, 0.29) is 24.1 Å². The Labute approximate surface area is 240 Å². The molecular weight excluding hydrogens is 587 g/mol. The van der Waals surface area contributed by atoms with Crippen molar-refractivity contribution in [3.8, 4) is 5.75 Å². The molecule has 204 valence electrons. The number of hydrogen-bond donors (Lipinski definition) is 3. The highest BCUT2D eigenvalue weighted by atomic mass is 35.5. The molecule has 2 heterocycles. The number of carboxylic acids is 1. The molecular formula is C24H22ClFN6O4S3. The average Bonchev–Trinajstić information content (AvgIpc) is 3.20. The lowest BCUT2D eigenvalue weighted by Gasteiger charge is -2.17. The lowest BCUT2D eigenvalue weighted by atomic mass is 10.1. The van der Waals surface area contributed by atoms with Gasteiger partial charge in [-0.05, 0) is 50.3 Å². The van der Waals surface area contributed by atoms with Crippen molar-refractivity contribution >= 4 is 86.9 Å². The summed E-state index contributed by atoms with van der Waals surface area (Å²) in [7, 11) is 0. The largest absolute Gasteiger partial charge is 0.489 e. The van der Waals surface area contributed by atoms with Crippen LogP contribution in [0.5, 0.6) is 5.75 Å². The van der Waals surface area contributed by atoms with Crippen LogP contribution in [0.25, 0.3) is 10.9 Å². The molecule has 0 saturated carbocycles. The van der Waals surface area contributed by atoms with Gasteiger partial charge in [-0.15, -0.1) is 0 Å². The molecule has 0 unspecified atom stereocenters. The highest BCUT2D eigenvalue weighted by molar-refractivity contribution is 8.01. The van der Waals surface area contributed by atoms with Crippen LogP contribution in [0.1, 0.15) is 20.3 Å². The van der Waals surface area contributed by atoms with Crippen LogP contribution in [0.15, 0.2) is 41.0 Å². The van der Waals surface area contributed by atoms with Crippen LogP contribution in [0.4, 0.5) is 21.6 Å². The summed E-state index contributed by atoms with van der Waals surface area (Å²) in [6.07, 6.45) is 1.19. The maximum atomic E-state index is 13.6. The number of nitrogens with zero attached hydrogens (tertiary/aromatic N) is 4. The standard InChI is InChI=1S/C24H22ClFN6O4S3/c1-12(2)36-19-9-17-14(22(28-11-27-17)29-13-3-4-16(26)15(25)7-13)8-18(19)30-20(33)10-32-24(37)39-23(31-32)38-6-5-21(34)35/h3-4,7-9,11-12H,5-6,10H2,1-2H3,(H,30,33)(H,34,35)(H,27,28,29). The maximum Gasteiger partial charge on any atom is 0.304 e. The first kappa shape index (κ1) is 28.7. The molecule has 4 aromatic rings. The first-order valence-electron chi connectivity index (χ1n) is 11.5. The maximum absolute atomic E-state index is 13.6. The Morgan fingerprint density at radius 1 is 1.28 bits per heavy atom. The van der Waals surface area contributed by atoms with Crippen molar-refractivity contribution in [1.82, 2.24) is 19.7 Å². The number of aliphatic carboxylic acids is 1. The molecule has 0 bridgehead atoms. The van der Waals surface area contributed by atoms with E-state index in [0.29, 0.717) is 47.9 Å². The summed E-state index contributed by atoms with van der Waals surface area (Å²) in [5.41, 5.74) is 1.46. The number of ether oxygens (including phenoxy) is 1. The van der Waals surface area contributed by atoms with Gasteiger partial charge in [-0.25, -0.2) is 19.0 Å². The fourth-order valence-electron chi connectivity index (χ4n) is 3.34. The van der Waals surface area contributed by atoms with Crippen molar-refractivity contribution in [3.63, 3.8) is 0 Å². The van der Waals surface area contributed by atoms with E-state index < -0.39 is 17.7 Å². The fourth-order valence-corrected chi connectivity index (χ4v) is 5.85. The number of amides is 1. The molecule has 0 radical (unpaired) electrons. The number of carboxylic acid groups (broad SMARTS) is 1. The molecule has 0 saturated heterocycles. The number of anilines is 3. The van der Waals surface area contributed by atoms with E-state index in [2.05, 4.69) is 25.7 Å². The first-order chi connectivity index (χ1) is 18.6. The van der Waals surface area contributed by atoms with Crippen LogP contribution in [-0.2, 0) is 16.1 Å². The van der Waals surface area contributed by atoms with Crippen molar-refractivity contribution in [3.05, 3.63) is 51.5 Å². The number of aromatic nitrogens is 4. The molecule has 4 rings (SSSR count). The van der Waals surface area contributed by atoms with Crippen LogP contribution in [0, 0.1) is 9.77 Å². The average molecular weight is 609 g/mol. The second-order valence-corrected chi connectivity index (χ2v) is 11.7. The van der Waals surface area contributed by atoms with E-state index >= 15 is 0 Å². The van der Waals surface area contributed by atoms with Gasteiger partial charge in [0.05, 0.1) is 28.8 Å². The number of carbonyl (C=O) groups excluding carboxylic acids is 1. The van der Waals surface area contributed by atoms with Gasteiger partial charge in [0, 0.05) is 22.9 Å². The Morgan fingerprint density at radius 2 is 2.08 bits per heavy atom. The lowest BCUT2D eigenvalue weighted by Crippen LogP contribution is -2.20. The summed E-state index contributed by atoms with van der Waals surface area (Å²) in [6.45, 7) is 3.57. The number of nitrogens with one attached hydrogen (secondary N) is 2. The topological polar surface area (TPSA) is 131 Å². The number of benzene rings is 2. The van der Waals surface area contributed by atoms with Crippen molar-refractivity contribution in [2.24, 2.45) is 0 Å². The number of thioether (sulfide) groups is 1. The van der Waals surface area contributed by atoms with Crippen LogP contribution < -0.4 is 15.4 Å². The number of fused-ring (bicyclic) bond motifs is 1. The molecule has 39 heavy (non-hydrogen) atoms. The summed E-state index contributed by atoms with van der Waals surface area (Å²) in [4.78, 5) is 32.4. The molecule has 0 aliphatic heterocycles. The molecule has 3 N–H and O–H groups in total. The lowest BCUT2D eigenvalue weighted by molar-refractivity contribution is -0.136. The number of hydrogen-bond acceptors (Lipinski definition) is 10. The van der Waals surface area contributed by atoms with Crippen molar-refractivity contribution in [2.45, 2.75) is 37.3 Å². The summed E-state index contributed by atoms with van der Waals surface area (Å²) in [5.74, 6) is -0.667. The van der Waals surface area contributed by atoms with E-state index in [1.54, 1.807) is 12.1 Å². The zero-order chi connectivity index (χ0) is 28.1. The summed E-state index contributed by atoms with van der Waals surface area (Å²) in [5, 5.41) is 19.6. The van der Waals surface area contributed by atoms with Gasteiger partial charge < -0.3 is 20.5 Å². The molecule has 2 aromatic carbocycles. The SMILES string of the molecule is CC(C)Oc1cc2ncnc(Nc3ccc(F)c(Cl)c3)c2cc1NC(=O)Cn1nc(SCCC(=O)O)sc1=S. The number of rotatable bonds is 11. The zero-order valence-corrected chi connectivity index (χ0v) is 23.8. The highest BCUT2D eigenvalue weighted by Crippen LogP contribution is 2.34. The fraction of sp³-hybridized carbons (Fsp3) is 0.250. The van der Waals surface area contributed by atoms with E-state index in [4.69, 9.17) is 33.7 Å². The van der Waals surface area contributed by atoms with Crippen LogP contribution in [0.2, 0.25) is 5.02 Å². The van der Waals surface area contributed by atoms with Crippen molar-refractivity contribution in [1.29, 1.82) is 0 Å². The van der Waals surface area contributed by atoms with E-state index in [1.807, 2.05) is 13.8 Å². The highest BCUT2D eigenvalue weighted by Gasteiger charge is 2.16. The normalized spacial score (nSPS) is 11.1. The second kappa shape index (κ2) is 12.7. The van der Waals surface area contributed by atoms with Gasteiger partial charge in [0.15, 0.2) is 8.29 Å². The van der Waals surface area contributed by atoms with Gasteiger partial charge >= 0.3 is 5.97 Å². The molecule has 0 aliphatic carbocycles. The van der Waals surface area contributed by atoms with Gasteiger partial charge in [-0.3, -0.25) is 9.59 Å². The number of carbonyl (C=O) groups is 2. The Morgan fingerprint density at radius 3 is 2.79 bits per heavy atom. The smallest absolute Gasteiger partial charge is 0.304 e. The molecule has 15 heteroatoms. The third-order valence-corrected chi connectivity index (χ3v) is 7.71. The predicted molar refractivity (Wildman–Crippen MR) is 153 cm³/mol. The van der Waals surface area contributed by atoms with Gasteiger partial charge in [-0.2, -0.15) is 5.10 Å². The minimum absolute atomic E-state index is 0.00710. The van der Waals surface area contributed by atoms with Gasteiger partial charge in [0.2, 0.25) is 5.91 Å². The quantitative estimate of drug-likeness (QED) is 0.135. The molecule has 0 aliphatic rings. The summed E-state index contributed by atoms with van der Waals surface area (Å²) in [6, 6.07) is 7.59. The van der Waals surface area contributed by atoms with Crippen LogP contribution >= 0.6 is 46.9 Å². The molecule has 0 atom stereocenters. The minimum atomic E-state index is -0.898. The van der Waals surface area contributed by atoms with Gasteiger partial charge in [0.1, 0.15) is 30.3 Å². The monoisotopic (exact) mass is 608 g/mol. The number of halogens is 2. The van der Waals surface area contributed by atoms with Crippen LogP contribution in [0.3, 0.4) is 0 Å². The second-order valence-electron chi connectivity index (χ2n) is 8.34. The van der Waals surface area contributed by atoms with Crippen molar-refractivity contribution < 1.29 is 23.8 Å². The van der Waals surface area contributed by atoms with E-state index in [0.717, 1.165) is 0 Å². The van der Waals surface area contributed by atoms with Crippen LogP contribution in [-0.4, -0.2) is 48.6 Å². The Hall–Kier alpha value is -3.33. The third-order valence-electron chi connectivity index (χ3n) is 4.98. The Kier molecular flexibility index (Phi) is 9.32. The molecule has 0 fully saturated rings. The minimum Gasteiger partial charge on any atom is -0.489 e. The molecule has 0 spiro atoms. The third kappa shape index (κ3) is 7.62. The van der Waals surface area contributed by atoms with Gasteiger partial charge in [0.25, 0.3) is 0 Å². The van der Waals surface area contributed by atoms with Gasteiger partial charge in [-0.1, -0.05) is 34.7 Å². The zero-order valence-electron chi connectivity index (χ0n) is 20.6. The molecule has 1 amide bonds.